The van der Waals surface area contributed by atoms with Crippen molar-refractivity contribution in [2.75, 3.05) is 24.3 Å². The van der Waals surface area contributed by atoms with Crippen LogP contribution in [0.4, 0.5) is 15.9 Å². The van der Waals surface area contributed by atoms with Crippen LogP contribution in [0.2, 0.25) is 0 Å². The van der Waals surface area contributed by atoms with Gasteiger partial charge in [0.2, 0.25) is 0 Å². The monoisotopic (exact) mass is 475 g/mol. The maximum Gasteiger partial charge on any atom is 0.198 e. The lowest BCUT2D eigenvalue weighted by Crippen LogP contribution is -2.49. The van der Waals surface area contributed by atoms with Crippen LogP contribution in [0.15, 0.2) is 59.7 Å². The van der Waals surface area contributed by atoms with Gasteiger partial charge in [0.1, 0.15) is 17.7 Å². The van der Waals surface area contributed by atoms with Crippen LogP contribution in [-0.4, -0.2) is 35.7 Å². The van der Waals surface area contributed by atoms with Gasteiger partial charge in [0.25, 0.3) is 0 Å². The molecule has 1 aromatic heterocycles. The van der Waals surface area contributed by atoms with Gasteiger partial charge in [-0.15, -0.1) is 10.3 Å². The van der Waals surface area contributed by atoms with Gasteiger partial charge in [-0.05, 0) is 54.1 Å². The fraction of sp³-hybridized carbons (Fsp3) is 0.174. The summed E-state index contributed by atoms with van der Waals surface area (Å²) in [5.41, 5.74) is 10.7. The van der Waals surface area contributed by atoms with Gasteiger partial charge in [-0.1, -0.05) is 0 Å². The number of rotatable bonds is 8. The number of aliphatic imine (C=N–C) groups is 1. The topological polar surface area (TPSA) is 158 Å². The number of amidine groups is 2. The van der Waals surface area contributed by atoms with E-state index in [9.17, 15) is 9.65 Å². The fourth-order valence-electron chi connectivity index (χ4n) is 3.44. The van der Waals surface area contributed by atoms with Crippen molar-refractivity contribution in [3.63, 3.8) is 0 Å². The number of hydrazine groups is 1. The van der Waals surface area contributed by atoms with Gasteiger partial charge in [0, 0.05) is 23.0 Å². The summed E-state index contributed by atoms with van der Waals surface area (Å²) in [6.45, 7) is -0.0102. The molecule has 2 heterocycles. The maximum atomic E-state index is 14.8. The van der Waals surface area contributed by atoms with Gasteiger partial charge in [-0.25, -0.2) is 14.2 Å². The molecule has 35 heavy (non-hydrogen) atoms. The van der Waals surface area contributed by atoms with Crippen molar-refractivity contribution in [3.8, 4) is 11.8 Å². The van der Waals surface area contributed by atoms with Gasteiger partial charge in [0.05, 0.1) is 19.6 Å². The van der Waals surface area contributed by atoms with Crippen molar-refractivity contribution >= 4 is 23.2 Å². The Hall–Kier alpha value is -4.76. The minimum Gasteiger partial charge on any atom is -0.494 e. The Labute approximate surface area is 200 Å². The number of halogens is 1. The second-order valence-corrected chi connectivity index (χ2v) is 7.39. The molecule has 0 saturated heterocycles. The zero-order valence-corrected chi connectivity index (χ0v) is 18.7. The van der Waals surface area contributed by atoms with Crippen molar-refractivity contribution in [1.29, 1.82) is 10.7 Å². The first-order valence-electron chi connectivity index (χ1n) is 10.5. The van der Waals surface area contributed by atoms with Crippen molar-refractivity contribution in [2.24, 2.45) is 10.7 Å². The molecular formula is C23H22FN9O2. The number of aromatic nitrogens is 2. The number of nitrogen functional groups attached to an aromatic ring is 1. The molecule has 2 aromatic carbocycles. The summed E-state index contributed by atoms with van der Waals surface area (Å²) in [4.78, 5) is 9.99. The van der Waals surface area contributed by atoms with Crippen LogP contribution >= 0.6 is 0 Å². The minimum absolute atomic E-state index is 0.00455. The van der Waals surface area contributed by atoms with Gasteiger partial charge in [-0.3, -0.25) is 10.8 Å². The molecule has 4 rings (SSSR count). The third kappa shape index (κ3) is 5.26. The highest BCUT2D eigenvalue weighted by Gasteiger charge is 2.27. The van der Waals surface area contributed by atoms with Gasteiger partial charge in [0.15, 0.2) is 24.1 Å². The number of nitrogens with one attached hydrogen (secondary N) is 3. The standard InChI is InChI=1S/C23H22FN9O2/c1-34-18-12-16(11-15(8-9-25)20(18)24)21(30-17-6-4-14(5-7-17)22(26)27)23-28-13-35-33(32-23)19-3-2-10-29-31-19/h2-7,10-12,21,30H,8,13H2,1H3,(H3,26,27)(H,28,32). The Kier molecular flexibility index (Phi) is 6.99. The van der Waals surface area contributed by atoms with Gasteiger partial charge in [-0.2, -0.15) is 10.4 Å². The smallest absolute Gasteiger partial charge is 0.198 e. The molecule has 5 N–H and O–H groups in total. The highest BCUT2D eigenvalue weighted by atomic mass is 19.1. The summed E-state index contributed by atoms with van der Waals surface area (Å²) in [5.74, 6) is 0.211. The van der Waals surface area contributed by atoms with Crippen LogP contribution in [0.25, 0.3) is 0 Å². The van der Waals surface area contributed by atoms with Crippen LogP contribution in [-0.2, 0) is 11.3 Å². The van der Waals surface area contributed by atoms with E-state index in [1.165, 1.54) is 12.3 Å². The number of hydrogen-bond donors (Lipinski definition) is 4. The number of benzene rings is 2. The van der Waals surface area contributed by atoms with E-state index in [0.29, 0.717) is 28.5 Å². The van der Waals surface area contributed by atoms with Crippen LogP contribution in [0.3, 0.4) is 0 Å². The second kappa shape index (κ2) is 10.4. The van der Waals surface area contributed by atoms with E-state index in [1.807, 2.05) is 6.07 Å². The molecule has 11 nitrogen and oxygen atoms in total. The zero-order valence-electron chi connectivity index (χ0n) is 18.7. The van der Waals surface area contributed by atoms with Gasteiger partial charge < -0.3 is 15.8 Å². The van der Waals surface area contributed by atoms with E-state index < -0.39 is 11.9 Å². The first kappa shape index (κ1) is 23.4. The molecule has 1 aliphatic heterocycles. The van der Waals surface area contributed by atoms with E-state index in [-0.39, 0.29) is 30.3 Å². The minimum atomic E-state index is -0.631. The lowest BCUT2D eigenvalue weighted by molar-refractivity contribution is 0.0873. The zero-order chi connectivity index (χ0) is 24.8. The van der Waals surface area contributed by atoms with Crippen LogP contribution in [0.5, 0.6) is 5.75 Å². The molecule has 0 radical (unpaired) electrons. The molecule has 1 unspecified atom stereocenters. The first-order valence-corrected chi connectivity index (χ1v) is 10.5. The average Bonchev–Trinajstić information content (AvgIpc) is 2.89. The highest BCUT2D eigenvalue weighted by Crippen LogP contribution is 2.30. The Morgan fingerprint density at radius 1 is 1.37 bits per heavy atom. The number of nitriles is 1. The van der Waals surface area contributed by atoms with Crippen LogP contribution in [0, 0.1) is 22.6 Å². The molecule has 0 bridgehead atoms. The first-order chi connectivity index (χ1) is 17.0. The van der Waals surface area contributed by atoms with Gasteiger partial charge >= 0.3 is 0 Å². The molecule has 1 aliphatic rings. The van der Waals surface area contributed by atoms with Crippen LogP contribution in [0.1, 0.15) is 22.7 Å². The lowest BCUT2D eigenvalue weighted by atomic mass is 9.99. The summed E-state index contributed by atoms with van der Waals surface area (Å²) in [5, 5.41) is 29.4. The summed E-state index contributed by atoms with van der Waals surface area (Å²) >= 11 is 0. The second-order valence-electron chi connectivity index (χ2n) is 7.39. The Bertz CT molecular complexity index is 1280. The third-order valence-electron chi connectivity index (χ3n) is 5.14. The molecule has 0 aliphatic carbocycles. The summed E-state index contributed by atoms with van der Waals surface area (Å²) in [6.07, 6.45) is 1.41. The molecule has 1 atom stereocenters. The summed E-state index contributed by atoms with van der Waals surface area (Å²) in [7, 11) is 1.36. The van der Waals surface area contributed by atoms with Crippen molar-refractivity contribution in [2.45, 2.75) is 12.5 Å². The molecule has 12 heteroatoms. The predicted molar refractivity (Wildman–Crippen MR) is 127 cm³/mol. The Balaban J connectivity index is 1.74. The van der Waals surface area contributed by atoms with Crippen molar-refractivity contribution in [1.82, 2.24) is 15.6 Å². The summed E-state index contributed by atoms with van der Waals surface area (Å²) < 4.78 is 20.0. The van der Waals surface area contributed by atoms with E-state index in [2.05, 4.69) is 25.9 Å². The van der Waals surface area contributed by atoms with Crippen LogP contribution < -0.4 is 26.4 Å². The molecule has 0 spiro atoms. The number of nitrogens with zero attached hydrogens (tertiary/aromatic N) is 5. The number of ether oxygens (including phenoxy) is 1. The maximum absolute atomic E-state index is 14.8. The molecular weight excluding hydrogens is 453 g/mol. The quantitative estimate of drug-likeness (QED) is 0.284. The number of methoxy groups -OCH3 is 1. The van der Waals surface area contributed by atoms with Crippen molar-refractivity contribution in [3.05, 3.63) is 77.2 Å². The van der Waals surface area contributed by atoms with E-state index in [0.717, 1.165) is 0 Å². The molecule has 0 amide bonds. The Morgan fingerprint density at radius 2 is 2.17 bits per heavy atom. The Morgan fingerprint density at radius 3 is 2.83 bits per heavy atom. The molecule has 3 aromatic rings. The normalized spacial score (nSPS) is 13.7. The number of hydrogen-bond acceptors (Lipinski definition) is 10. The highest BCUT2D eigenvalue weighted by molar-refractivity contribution is 5.95. The SMILES string of the molecule is COc1cc(C(Nc2ccc(C(=N)N)cc2)C2=NCON(c3cccnn3)N2)cc(CC#N)c1F. The molecule has 0 saturated carbocycles. The number of nitrogens with two attached hydrogens (primary N) is 1. The largest absolute Gasteiger partial charge is 0.494 e. The predicted octanol–water partition coefficient (Wildman–Crippen LogP) is 2.44. The number of anilines is 2. The third-order valence-corrected chi connectivity index (χ3v) is 5.14. The molecule has 178 valence electrons. The van der Waals surface area contributed by atoms with E-state index in [1.54, 1.807) is 54.7 Å². The molecule has 0 fully saturated rings. The lowest BCUT2D eigenvalue weighted by Gasteiger charge is -2.32. The van der Waals surface area contributed by atoms with E-state index >= 15 is 0 Å². The fourth-order valence-corrected chi connectivity index (χ4v) is 3.44. The van der Waals surface area contributed by atoms with Crippen molar-refractivity contribution < 1.29 is 14.0 Å². The summed E-state index contributed by atoms with van der Waals surface area (Å²) in [6, 6.07) is 14.8. The average molecular weight is 475 g/mol. The van der Waals surface area contributed by atoms with E-state index in [4.69, 9.17) is 20.7 Å².